The molecular formula is C16H22F2N2O2. The summed E-state index contributed by atoms with van der Waals surface area (Å²) in [5.41, 5.74) is 5.59. The Bertz CT molecular complexity index is 558. The van der Waals surface area contributed by atoms with Crippen LogP contribution in [-0.2, 0) is 4.74 Å². The summed E-state index contributed by atoms with van der Waals surface area (Å²) in [7, 11) is 0. The standard InChI is InChI=1S/C16H22F2N2O2/c1-16(2,3)22-15(21)20-7-6-11(19)9-14(20)12-5-4-10(17)8-13(12)18/h4-5,8,11,14H,6-7,9,19H2,1-3H3. The molecule has 0 bridgehead atoms. The number of amides is 1. The fraction of sp³-hybridized carbons (Fsp3) is 0.562. The maximum Gasteiger partial charge on any atom is 0.410 e. The maximum atomic E-state index is 14.1. The molecule has 4 nitrogen and oxygen atoms in total. The molecule has 2 atom stereocenters. The van der Waals surface area contributed by atoms with E-state index in [0.29, 0.717) is 19.4 Å². The van der Waals surface area contributed by atoms with Gasteiger partial charge in [-0.3, -0.25) is 0 Å². The molecule has 6 heteroatoms. The Morgan fingerprint density at radius 3 is 2.64 bits per heavy atom. The van der Waals surface area contributed by atoms with Gasteiger partial charge in [0.15, 0.2) is 0 Å². The molecule has 2 unspecified atom stereocenters. The van der Waals surface area contributed by atoms with E-state index in [1.165, 1.54) is 17.0 Å². The van der Waals surface area contributed by atoms with Gasteiger partial charge < -0.3 is 15.4 Å². The minimum absolute atomic E-state index is 0.131. The van der Waals surface area contributed by atoms with E-state index in [0.717, 1.165) is 6.07 Å². The lowest BCUT2D eigenvalue weighted by atomic mass is 9.92. The summed E-state index contributed by atoms with van der Waals surface area (Å²) in [6.45, 7) is 5.70. The van der Waals surface area contributed by atoms with Crippen molar-refractivity contribution in [1.29, 1.82) is 0 Å². The first kappa shape index (κ1) is 16.7. The van der Waals surface area contributed by atoms with Crippen molar-refractivity contribution in [1.82, 2.24) is 4.90 Å². The molecule has 1 aliphatic heterocycles. The predicted molar refractivity (Wildman–Crippen MR) is 79.2 cm³/mol. The molecule has 122 valence electrons. The summed E-state index contributed by atoms with van der Waals surface area (Å²) in [6, 6.07) is 2.70. The summed E-state index contributed by atoms with van der Waals surface area (Å²) in [4.78, 5) is 13.8. The van der Waals surface area contributed by atoms with Crippen molar-refractivity contribution in [2.45, 2.75) is 51.3 Å². The second-order valence-corrected chi connectivity index (χ2v) is 6.64. The highest BCUT2D eigenvalue weighted by atomic mass is 19.1. The van der Waals surface area contributed by atoms with Crippen molar-refractivity contribution in [3.63, 3.8) is 0 Å². The summed E-state index contributed by atoms with van der Waals surface area (Å²) in [5, 5.41) is 0. The number of nitrogens with zero attached hydrogens (tertiary/aromatic N) is 1. The van der Waals surface area contributed by atoms with Crippen molar-refractivity contribution in [3.05, 3.63) is 35.4 Å². The van der Waals surface area contributed by atoms with Gasteiger partial charge >= 0.3 is 6.09 Å². The summed E-state index contributed by atoms with van der Waals surface area (Å²) < 4.78 is 32.6. The smallest absolute Gasteiger partial charge is 0.410 e. The number of carbonyl (C=O) groups excluding carboxylic acids is 1. The molecule has 1 aromatic rings. The molecular weight excluding hydrogens is 290 g/mol. The zero-order valence-electron chi connectivity index (χ0n) is 13.1. The van der Waals surface area contributed by atoms with Crippen LogP contribution >= 0.6 is 0 Å². The number of halogens is 2. The number of benzene rings is 1. The number of ether oxygens (including phenoxy) is 1. The van der Waals surface area contributed by atoms with Crippen LogP contribution in [0.5, 0.6) is 0 Å². The van der Waals surface area contributed by atoms with Gasteiger partial charge in [-0.15, -0.1) is 0 Å². The maximum absolute atomic E-state index is 14.1. The topological polar surface area (TPSA) is 55.6 Å². The fourth-order valence-electron chi connectivity index (χ4n) is 2.60. The quantitative estimate of drug-likeness (QED) is 0.865. The minimum Gasteiger partial charge on any atom is -0.444 e. The van der Waals surface area contributed by atoms with Gasteiger partial charge in [0.05, 0.1) is 6.04 Å². The second-order valence-electron chi connectivity index (χ2n) is 6.64. The van der Waals surface area contributed by atoms with Crippen LogP contribution in [-0.4, -0.2) is 29.2 Å². The van der Waals surface area contributed by atoms with Gasteiger partial charge in [0.2, 0.25) is 0 Å². The molecule has 2 N–H and O–H groups in total. The van der Waals surface area contributed by atoms with Gasteiger partial charge in [-0.2, -0.15) is 0 Å². The lowest BCUT2D eigenvalue weighted by Crippen LogP contribution is -2.47. The summed E-state index contributed by atoms with van der Waals surface area (Å²) >= 11 is 0. The average molecular weight is 312 g/mol. The molecule has 1 aliphatic rings. The van der Waals surface area contributed by atoms with Crippen molar-refractivity contribution in [3.8, 4) is 0 Å². The molecule has 22 heavy (non-hydrogen) atoms. The number of likely N-dealkylation sites (tertiary alicyclic amines) is 1. The van der Waals surface area contributed by atoms with Gasteiger partial charge in [-0.05, 0) is 39.7 Å². The summed E-state index contributed by atoms with van der Waals surface area (Å²) in [6.07, 6.45) is 0.536. The largest absolute Gasteiger partial charge is 0.444 e. The molecule has 1 saturated heterocycles. The highest BCUT2D eigenvalue weighted by molar-refractivity contribution is 5.69. The first-order valence-electron chi connectivity index (χ1n) is 7.37. The molecule has 0 spiro atoms. The van der Waals surface area contributed by atoms with Crippen LogP contribution in [0, 0.1) is 11.6 Å². The average Bonchev–Trinajstić information content (AvgIpc) is 2.36. The van der Waals surface area contributed by atoms with E-state index in [9.17, 15) is 13.6 Å². The third-order valence-electron chi connectivity index (χ3n) is 3.59. The Labute approximate surface area is 129 Å². The van der Waals surface area contributed by atoms with Gasteiger partial charge in [-0.25, -0.2) is 13.6 Å². The summed E-state index contributed by atoms with van der Waals surface area (Å²) in [5.74, 6) is -1.32. The molecule has 1 amide bonds. The van der Waals surface area contributed by atoms with Crippen LogP contribution < -0.4 is 5.73 Å². The first-order chi connectivity index (χ1) is 10.2. The zero-order chi connectivity index (χ0) is 16.5. The van der Waals surface area contributed by atoms with Crippen LogP contribution in [0.2, 0.25) is 0 Å². The SMILES string of the molecule is CC(C)(C)OC(=O)N1CCC(N)CC1c1ccc(F)cc1F. The Balaban J connectivity index is 2.29. The van der Waals surface area contributed by atoms with Crippen molar-refractivity contribution in [2.75, 3.05) is 6.54 Å². The van der Waals surface area contributed by atoms with Crippen molar-refractivity contribution >= 4 is 6.09 Å². The highest BCUT2D eigenvalue weighted by Crippen LogP contribution is 2.33. The molecule has 0 radical (unpaired) electrons. The van der Waals surface area contributed by atoms with Crippen molar-refractivity contribution < 1.29 is 18.3 Å². The van der Waals surface area contributed by atoms with Crippen LogP contribution in [0.4, 0.5) is 13.6 Å². The molecule has 0 saturated carbocycles. The van der Waals surface area contributed by atoms with Crippen LogP contribution in [0.3, 0.4) is 0 Å². The van der Waals surface area contributed by atoms with E-state index in [2.05, 4.69) is 0 Å². The highest BCUT2D eigenvalue weighted by Gasteiger charge is 2.35. The van der Waals surface area contributed by atoms with E-state index in [1.54, 1.807) is 20.8 Å². The number of hydrogen-bond acceptors (Lipinski definition) is 3. The Morgan fingerprint density at radius 1 is 1.36 bits per heavy atom. The number of hydrogen-bond donors (Lipinski definition) is 1. The Kier molecular flexibility index (Phi) is 4.70. The van der Waals surface area contributed by atoms with Crippen LogP contribution in [0.1, 0.15) is 45.2 Å². The first-order valence-corrected chi connectivity index (χ1v) is 7.37. The molecule has 1 fully saturated rings. The third kappa shape index (κ3) is 3.94. The van der Waals surface area contributed by atoms with Gasteiger partial charge in [0, 0.05) is 24.2 Å². The van der Waals surface area contributed by atoms with E-state index in [-0.39, 0.29) is 11.6 Å². The minimum atomic E-state index is -0.673. The molecule has 1 aromatic carbocycles. The Hall–Kier alpha value is -1.69. The molecule has 2 rings (SSSR count). The Morgan fingerprint density at radius 2 is 2.05 bits per heavy atom. The molecule has 0 aromatic heterocycles. The predicted octanol–water partition coefficient (Wildman–Crippen LogP) is 3.36. The lowest BCUT2D eigenvalue weighted by molar-refractivity contribution is 0.00758. The molecule has 0 aliphatic carbocycles. The zero-order valence-corrected chi connectivity index (χ0v) is 13.1. The second kappa shape index (κ2) is 6.20. The number of piperidine rings is 1. The number of rotatable bonds is 1. The van der Waals surface area contributed by atoms with Gasteiger partial charge in [-0.1, -0.05) is 6.07 Å². The number of nitrogens with two attached hydrogens (primary N) is 1. The van der Waals surface area contributed by atoms with E-state index < -0.39 is 29.4 Å². The third-order valence-corrected chi connectivity index (χ3v) is 3.59. The number of carbonyl (C=O) groups is 1. The monoisotopic (exact) mass is 312 g/mol. The normalized spacial score (nSPS) is 22.5. The van der Waals surface area contributed by atoms with E-state index >= 15 is 0 Å². The van der Waals surface area contributed by atoms with Crippen molar-refractivity contribution in [2.24, 2.45) is 5.73 Å². The van der Waals surface area contributed by atoms with E-state index in [1.807, 2.05) is 0 Å². The lowest BCUT2D eigenvalue weighted by Gasteiger charge is -2.39. The fourth-order valence-corrected chi connectivity index (χ4v) is 2.60. The van der Waals surface area contributed by atoms with Crippen LogP contribution in [0.25, 0.3) is 0 Å². The van der Waals surface area contributed by atoms with Gasteiger partial charge in [0.25, 0.3) is 0 Å². The van der Waals surface area contributed by atoms with E-state index in [4.69, 9.17) is 10.5 Å². The van der Waals surface area contributed by atoms with Crippen LogP contribution in [0.15, 0.2) is 18.2 Å². The van der Waals surface area contributed by atoms with Gasteiger partial charge in [0.1, 0.15) is 17.2 Å². The molecule has 1 heterocycles.